The Hall–Kier alpha value is -1.03. The largest absolute Gasteiger partial charge is 0.353 e. The molecule has 0 saturated heterocycles. The van der Waals surface area contributed by atoms with Crippen LogP contribution in [0.3, 0.4) is 0 Å². The van der Waals surface area contributed by atoms with E-state index in [0.29, 0.717) is 12.1 Å². The van der Waals surface area contributed by atoms with Crippen molar-refractivity contribution in [3.8, 4) is 0 Å². The molecule has 102 valence electrons. The number of aromatic nitrogens is 2. The summed E-state index contributed by atoms with van der Waals surface area (Å²) < 4.78 is 2.29. The van der Waals surface area contributed by atoms with E-state index >= 15 is 0 Å². The average Bonchev–Trinajstić information content (AvgIpc) is 2.87. The zero-order chi connectivity index (χ0) is 13.1. The molecule has 0 amide bonds. The third-order valence-corrected chi connectivity index (χ3v) is 3.65. The Balaban J connectivity index is 2.08. The van der Waals surface area contributed by atoms with E-state index in [0.717, 1.165) is 18.2 Å². The first kappa shape index (κ1) is 13.4. The Morgan fingerprint density at radius 3 is 2.72 bits per heavy atom. The molecule has 1 aromatic heterocycles. The highest BCUT2D eigenvalue weighted by Gasteiger charge is 2.19. The summed E-state index contributed by atoms with van der Waals surface area (Å²) >= 11 is 0. The van der Waals surface area contributed by atoms with E-state index < -0.39 is 0 Å². The fourth-order valence-corrected chi connectivity index (χ4v) is 2.83. The van der Waals surface area contributed by atoms with Crippen molar-refractivity contribution >= 4 is 5.95 Å². The van der Waals surface area contributed by atoms with Crippen molar-refractivity contribution in [2.45, 2.75) is 51.6 Å². The van der Waals surface area contributed by atoms with E-state index in [9.17, 15) is 0 Å². The van der Waals surface area contributed by atoms with Crippen LogP contribution in [0.4, 0.5) is 5.95 Å². The van der Waals surface area contributed by atoms with Crippen LogP contribution >= 0.6 is 0 Å². The second-order valence-electron chi connectivity index (χ2n) is 5.85. The smallest absolute Gasteiger partial charge is 0.203 e. The molecule has 4 heteroatoms. The van der Waals surface area contributed by atoms with Crippen molar-refractivity contribution in [3.63, 3.8) is 0 Å². The summed E-state index contributed by atoms with van der Waals surface area (Å²) in [6, 6.07) is 1.07. The first-order valence-corrected chi connectivity index (χ1v) is 7.03. The van der Waals surface area contributed by atoms with Crippen molar-refractivity contribution in [2.75, 3.05) is 26.0 Å². The Morgan fingerprint density at radius 1 is 1.44 bits per heavy atom. The zero-order valence-corrected chi connectivity index (χ0v) is 12.1. The number of hydrogen-bond donors (Lipinski definition) is 1. The van der Waals surface area contributed by atoms with Gasteiger partial charge in [-0.15, -0.1) is 0 Å². The van der Waals surface area contributed by atoms with Crippen LogP contribution in [0.2, 0.25) is 0 Å². The molecule has 18 heavy (non-hydrogen) atoms. The molecule has 2 rings (SSSR count). The molecule has 1 saturated carbocycles. The molecule has 1 atom stereocenters. The number of nitrogens with one attached hydrogen (secondary N) is 1. The molecule has 0 aliphatic heterocycles. The molecule has 1 aliphatic carbocycles. The first-order valence-electron chi connectivity index (χ1n) is 7.03. The number of nitrogens with zero attached hydrogens (tertiary/aromatic N) is 3. The topological polar surface area (TPSA) is 33.1 Å². The van der Waals surface area contributed by atoms with Crippen molar-refractivity contribution in [3.05, 3.63) is 11.9 Å². The molecule has 1 N–H and O–H groups in total. The van der Waals surface area contributed by atoms with E-state index in [1.165, 1.54) is 25.7 Å². The molecule has 0 radical (unpaired) electrons. The van der Waals surface area contributed by atoms with E-state index in [2.05, 4.69) is 53.9 Å². The van der Waals surface area contributed by atoms with Gasteiger partial charge in [0.2, 0.25) is 5.95 Å². The molecule has 1 aromatic rings. The third-order valence-electron chi connectivity index (χ3n) is 3.65. The normalized spacial score (nSPS) is 18.5. The van der Waals surface area contributed by atoms with Crippen molar-refractivity contribution < 1.29 is 0 Å². The van der Waals surface area contributed by atoms with Crippen molar-refractivity contribution in [1.82, 2.24) is 14.5 Å². The summed E-state index contributed by atoms with van der Waals surface area (Å²) in [5.74, 6) is 1.05. The van der Waals surface area contributed by atoms with Crippen LogP contribution in [0, 0.1) is 6.92 Å². The molecule has 1 aliphatic rings. The minimum atomic E-state index is 0.449. The molecule has 0 aromatic carbocycles. The lowest BCUT2D eigenvalue weighted by atomic mass is 10.2. The average molecular weight is 250 g/mol. The van der Waals surface area contributed by atoms with Gasteiger partial charge in [-0.3, -0.25) is 0 Å². The lowest BCUT2D eigenvalue weighted by Crippen LogP contribution is -2.25. The summed E-state index contributed by atoms with van der Waals surface area (Å²) in [5, 5.41) is 3.62. The van der Waals surface area contributed by atoms with E-state index in [1.54, 1.807) is 0 Å². The maximum Gasteiger partial charge on any atom is 0.203 e. The van der Waals surface area contributed by atoms with Gasteiger partial charge in [-0.05, 0) is 40.8 Å². The van der Waals surface area contributed by atoms with E-state index in [4.69, 9.17) is 0 Å². The van der Waals surface area contributed by atoms with Gasteiger partial charge in [0.25, 0.3) is 0 Å². The number of aryl methyl sites for hydroxylation is 1. The number of rotatable bonds is 5. The molecule has 1 heterocycles. The number of imidazole rings is 1. The van der Waals surface area contributed by atoms with Gasteiger partial charge in [-0.1, -0.05) is 12.8 Å². The molecule has 0 spiro atoms. The van der Waals surface area contributed by atoms with Crippen LogP contribution in [0.1, 0.15) is 44.3 Å². The lowest BCUT2D eigenvalue weighted by molar-refractivity contribution is 0.338. The van der Waals surface area contributed by atoms with Crippen LogP contribution in [-0.4, -0.2) is 41.1 Å². The quantitative estimate of drug-likeness (QED) is 0.872. The minimum absolute atomic E-state index is 0.449. The van der Waals surface area contributed by atoms with Gasteiger partial charge in [0, 0.05) is 24.8 Å². The molecule has 0 bridgehead atoms. The Morgan fingerprint density at radius 2 is 2.11 bits per heavy atom. The number of likely N-dealkylation sites (N-methyl/N-ethyl adjacent to an activating group) is 1. The SMILES string of the molecule is Cc1cn(C(C)CN(C)C)c(NC2CCCC2)n1. The van der Waals surface area contributed by atoms with Gasteiger partial charge < -0.3 is 14.8 Å². The van der Waals surface area contributed by atoms with Gasteiger partial charge in [-0.25, -0.2) is 4.98 Å². The third kappa shape index (κ3) is 3.25. The van der Waals surface area contributed by atoms with Crippen LogP contribution in [0.25, 0.3) is 0 Å². The lowest BCUT2D eigenvalue weighted by Gasteiger charge is -2.22. The Bertz CT molecular complexity index is 377. The van der Waals surface area contributed by atoms with Crippen molar-refractivity contribution in [2.24, 2.45) is 0 Å². The monoisotopic (exact) mass is 250 g/mol. The van der Waals surface area contributed by atoms with Gasteiger partial charge in [-0.2, -0.15) is 0 Å². The summed E-state index contributed by atoms with van der Waals surface area (Å²) in [7, 11) is 4.23. The zero-order valence-electron chi connectivity index (χ0n) is 12.1. The molecule has 4 nitrogen and oxygen atoms in total. The highest BCUT2D eigenvalue weighted by atomic mass is 15.2. The highest BCUT2D eigenvalue weighted by Crippen LogP contribution is 2.24. The van der Waals surface area contributed by atoms with Gasteiger partial charge in [0.05, 0.1) is 5.69 Å². The molecule has 1 fully saturated rings. The summed E-state index contributed by atoms with van der Waals surface area (Å²) in [6.45, 7) is 5.36. The maximum absolute atomic E-state index is 4.64. The molecular formula is C14H26N4. The minimum Gasteiger partial charge on any atom is -0.353 e. The highest BCUT2D eigenvalue weighted by molar-refractivity contribution is 5.31. The summed E-state index contributed by atoms with van der Waals surface area (Å²) in [5.41, 5.74) is 1.10. The molecular weight excluding hydrogens is 224 g/mol. The first-order chi connectivity index (χ1) is 8.56. The standard InChI is InChI=1S/C14H26N4/c1-11-9-18(12(2)10-17(3)4)14(15-11)16-13-7-5-6-8-13/h9,12-13H,5-8,10H2,1-4H3,(H,15,16). The maximum atomic E-state index is 4.64. The van der Waals surface area contributed by atoms with Crippen LogP contribution < -0.4 is 5.32 Å². The Kier molecular flexibility index (Phi) is 4.27. The predicted octanol–water partition coefficient (Wildman–Crippen LogP) is 2.67. The van der Waals surface area contributed by atoms with Gasteiger partial charge >= 0.3 is 0 Å². The summed E-state index contributed by atoms with van der Waals surface area (Å²) in [6.07, 6.45) is 7.43. The summed E-state index contributed by atoms with van der Waals surface area (Å²) in [4.78, 5) is 6.86. The second-order valence-corrected chi connectivity index (χ2v) is 5.85. The number of anilines is 1. The van der Waals surface area contributed by atoms with E-state index in [-0.39, 0.29) is 0 Å². The second kappa shape index (κ2) is 5.74. The van der Waals surface area contributed by atoms with Gasteiger partial charge in [0.15, 0.2) is 0 Å². The van der Waals surface area contributed by atoms with Crippen LogP contribution in [-0.2, 0) is 0 Å². The van der Waals surface area contributed by atoms with Crippen molar-refractivity contribution in [1.29, 1.82) is 0 Å². The fourth-order valence-electron chi connectivity index (χ4n) is 2.83. The van der Waals surface area contributed by atoms with Crippen LogP contribution in [0.5, 0.6) is 0 Å². The van der Waals surface area contributed by atoms with E-state index in [1.807, 2.05) is 0 Å². The van der Waals surface area contributed by atoms with Crippen LogP contribution in [0.15, 0.2) is 6.20 Å². The molecule has 1 unspecified atom stereocenters. The number of hydrogen-bond acceptors (Lipinski definition) is 3. The Labute approximate surface area is 110 Å². The fraction of sp³-hybridized carbons (Fsp3) is 0.786. The van der Waals surface area contributed by atoms with Gasteiger partial charge in [0.1, 0.15) is 0 Å². The predicted molar refractivity (Wildman–Crippen MR) is 76.1 cm³/mol.